The minimum Gasteiger partial charge on any atom is -0.340 e. The molecule has 18 heavy (non-hydrogen) atoms. The van der Waals surface area contributed by atoms with Gasteiger partial charge in [0.05, 0.1) is 17.5 Å². The van der Waals surface area contributed by atoms with Gasteiger partial charge in [-0.25, -0.2) is 0 Å². The van der Waals surface area contributed by atoms with Crippen molar-refractivity contribution in [2.75, 3.05) is 7.05 Å². The third-order valence-electron chi connectivity index (χ3n) is 2.73. The van der Waals surface area contributed by atoms with E-state index in [0.29, 0.717) is 12.0 Å². The summed E-state index contributed by atoms with van der Waals surface area (Å²) in [6, 6.07) is 5.81. The van der Waals surface area contributed by atoms with Gasteiger partial charge in [0.15, 0.2) is 0 Å². The predicted octanol–water partition coefficient (Wildman–Crippen LogP) is 1.29. The summed E-state index contributed by atoms with van der Waals surface area (Å²) in [6.07, 6.45) is 0.542. The lowest BCUT2D eigenvalue weighted by Gasteiger charge is -2.20. The van der Waals surface area contributed by atoms with Crippen LogP contribution >= 0.6 is 0 Å². The van der Waals surface area contributed by atoms with Crippen molar-refractivity contribution in [3.63, 3.8) is 0 Å². The van der Waals surface area contributed by atoms with Gasteiger partial charge in [-0.1, -0.05) is 25.1 Å². The number of rotatable bonds is 5. The molecule has 0 aromatic heterocycles. The molecule has 98 valence electrons. The Balaban J connectivity index is 2.85. The van der Waals surface area contributed by atoms with E-state index in [1.165, 1.54) is 11.0 Å². The molecular weight excluding hydrogens is 234 g/mol. The minimum atomic E-state index is -0.558. The molecule has 1 amide bonds. The zero-order valence-electron chi connectivity index (χ0n) is 10.5. The van der Waals surface area contributed by atoms with Crippen LogP contribution in [0.5, 0.6) is 0 Å². The number of nitro benzene ring substituents is 1. The molecule has 0 aliphatic rings. The number of hydrogen-bond acceptors (Lipinski definition) is 4. The van der Waals surface area contributed by atoms with Gasteiger partial charge in [-0.15, -0.1) is 0 Å². The Morgan fingerprint density at radius 3 is 2.67 bits per heavy atom. The smallest absolute Gasteiger partial charge is 0.274 e. The van der Waals surface area contributed by atoms with Crippen LogP contribution < -0.4 is 5.73 Å². The first-order valence-electron chi connectivity index (χ1n) is 5.70. The molecule has 0 saturated carbocycles. The molecule has 0 bridgehead atoms. The molecule has 0 heterocycles. The zero-order valence-corrected chi connectivity index (χ0v) is 10.5. The highest BCUT2D eigenvalue weighted by Crippen LogP contribution is 2.19. The van der Waals surface area contributed by atoms with E-state index in [-0.39, 0.29) is 18.1 Å². The topological polar surface area (TPSA) is 89.5 Å². The first kappa shape index (κ1) is 14.1. The summed E-state index contributed by atoms with van der Waals surface area (Å²) in [5.74, 6) is -0.212. The Hall–Kier alpha value is -1.95. The van der Waals surface area contributed by atoms with Gasteiger partial charge in [0.2, 0.25) is 5.91 Å². The van der Waals surface area contributed by atoms with Crippen molar-refractivity contribution in [3.05, 3.63) is 39.9 Å². The number of hydrogen-bond donors (Lipinski definition) is 1. The van der Waals surface area contributed by atoms with Gasteiger partial charge in [-0.2, -0.15) is 0 Å². The third kappa shape index (κ3) is 3.27. The van der Waals surface area contributed by atoms with E-state index in [1.807, 2.05) is 6.92 Å². The second-order valence-corrected chi connectivity index (χ2v) is 4.09. The second-order valence-electron chi connectivity index (χ2n) is 4.09. The largest absolute Gasteiger partial charge is 0.340 e. The van der Waals surface area contributed by atoms with E-state index in [4.69, 9.17) is 5.73 Å². The van der Waals surface area contributed by atoms with Gasteiger partial charge in [0.1, 0.15) is 0 Å². The first-order chi connectivity index (χ1) is 8.47. The first-order valence-corrected chi connectivity index (χ1v) is 5.70. The molecule has 0 fully saturated rings. The highest BCUT2D eigenvalue weighted by molar-refractivity contribution is 5.81. The average molecular weight is 251 g/mol. The summed E-state index contributed by atoms with van der Waals surface area (Å²) in [6.45, 7) is 2.01. The standard InChI is InChI=1S/C12H17N3O3/c1-3-10(13)12(16)14(2)8-9-6-4-5-7-11(9)15(17)18/h4-7,10H,3,8,13H2,1-2H3/t10-/m0/s1. The van der Waals surface area contributed by atoms with Crippen molar-refractivity contribution in [3.8, 4) is 0 Å². The van der Waals surface area contributed by atoms with Crippen molar-refractivity contribution in [1.29, 1.82) is 0 Å². The van der Waals surface area contributed by atoms with Gasteiger partial charge in [-0.05, 0) is 6.42 Å². The summed E-state index contributed by atoms with van der Waals surface area (Å²) in [4.78, 5) is 23.6. The summed E-state index contributed by atoms with van der Waals surface area (Å²) in [5, 5.41) is 10.8. The highest BCUT2D eigenvalue weighted by atomic mass is 16.6. The number of nitrogens with zero attached hydrogens (tertiary/aromatic N) is 2. The van der Waals surface area contributed by atoms with Crippen LogP contribution in [-0.2, 0) is 11.3 Å². The van der Waals surface area contributed by atoms with Crippen LogP contribution in [0, 0.1) is 10.1 Å². The second kappa shape index (κ2) is 6.11. The summed E-state index contributed by atoms with van der Waals surface area (Å²) in [5.41, 5.74) is 6.16. The fraction of sp³-hybridized carbons (Fsp3) is 0.417. The normalized spacial score (nSPS) is 11.9. The fourth-order valence-corrected chi connectivity index (χ4v) is 1.61. The maximum atomic E-state index is 11.8. The SMILES string of the molecule is CC[C@H](N)C(=O)N(C)Cc1ccccc1[N+](=O)[O-]. The van der Waals surface area contributed by atoms with Gasteiger partial charge in [0, 0.05) is 18.7 Å². The van der Waals surface area contributed by atoms with Crippen molar-refractivity contribution in [2.24, 2.45) is 5.73 Å². The number of likely N-dealkylation sites (N-methyl/N-ethyl adjacent to an activating group) is 1. The van der Waals surface area contributed by atoms with E-state index in [9.17, 15) is 14.9 Å². The van der Waals surface area contributed by atoms with Gasteiger partial charge in [0.25, 0.3) is 5.69 Å². The van der Waals surface area contributed by atoms with Crippen molar-refractivity contribution in [1.82, 2.24) is 4.90 Å². The predicted molar refractivity (Wildman–Crippen MR) is 67.8 cm³/mol. The van der Waals surface area contributed by atoms with E-state index < -0.39 is 11.0 Å². The number of nitrogens with two attached hydrogens (primary N) is 1. The number of nitro groups is 1. The number of amides is 1. The molecule has 1 aromatic rings. The highest BCUT2D eigenvalue weighted by Gasteiger charge is 2.19. The molecule has 6 nitrogen and oxygen atoms in total. The van der Waals surface area contributed by atoms with Gasteiger partial charge in [-0.3, -0.25) is 14.9 Å². The van der Waals surface area contributed by atoms with Crippen LogP contribution in [-0.4, -0.2) is 28.8 Å². The summed E-state index contributed by atoms with van der Waals surface area (Å²) < 4.78 is 0. The Kier molecular flexibility index (Phi) is 4.79. The van der Waals surface area contributed by atoms with Crippen LogP contribution in [0.15, 0.2) is 24.3 Å². The lowest BCUT2D eigenvalue weighted by atomic mass is 10.1. The van der Waals surface area contributed by atoms with Crippen molar-refractivity contribution < 1.29 is 9.72 Å². The number of benzene rings is 1. The Morgan fingerprint density at radius 1 is 1.50 bits per heavy atom. The van der Waals surface area contributed by atoms with E-state index >= 15 is 0 Å². The summed E-state index contributed by atoms with van der Waals surface area (Å²) >= 11 is 0. The minimum absolute atomic E-state index is 0.0159. The molecule has 1 atom stereocenters. The van der Waals surface area contributed by atoms with E-state index in [2.05, 4.69) is 0 Å². The van der Waals surface area contributed by atoms with Crippen LogP contribution in [0.1, 0.15) is 18.9 Å². The maximum Gasteiger partial charge on any atom is 0.274 e. The molecule has 1 aromatic carbocycles. The van der Waals surface area contributed by atoms with Crippen LogP contribution in [0.2, 0.25) is 0 Å². The van der Waals surface area contributed by atoms with E-state index in [0.717, 1.165) is 0 Å². The molecule has 6 heteroatoms. The van der Waals surface area contributed by atoms with E-state index in [1.54, 1.807) is 25.2 Å². The number of carbonyl (C=O) groups excluding carboxylic acids is 1. The summed E-state index contributed by atoms with van der Waals surface area (Å²) in [7, 11) is 1.59. The average Bonchev–Trinajstić information content (AvgIpc) is 2.37. The molecule has 0 aliphatic heterocycles. The lowest BCUT2D eigenvalue weighted by molar-refractivity contribution is -0.385. The molecule has 0 aliphatic carbocycles. The van der Waals surface area contributed by atoms with Gasteiger partial charge < -0.3 is 10.6 Å². The Morgan fingerprint density at radius 2 is 2.11 bits per heavy atom. The lowest BCUT2D eigenvalue weighted by Crippen LogP contribution is -2.40. The molecule has 0 radical (unpaired) electrons. The van der Waals surface area contributed by atoms with Crippen LogP contribution in [0.25, 0.3) is 0 Å². The third-order valence-corrected chi connectivity index (χ3v) is 2.73. The monoisotopic (exact) mass is 251 g/mol. The molecule has 0 unspecified atom stereocenters. The Bertz CT molecular complexity index is 448. The van der Waals surface area contributed by atoms with Crippen molar-refractivity contribution >= 4 is 11.6 Å². The molecule has 0 spiro atoms. The maximum absolute atomic E-state index is 11.8. The Labute approximate surface area is 106 Å². The molecule has 0 saturated heterocycles. The molecule has 2 N–H and O–H groups in total. The number of para-hydroxylation sites is 1. The van der Waals surface area contributed by atoms with Crippen LogP contribution in [0.4, 0.5) is 5.69 Å². The molecule has 1 rings (SSSR count). The molecular formula is C12H17N3O3. The zero-order chi connectivity index (χ0) is 13.7. The quantitative estimate of drug-likeness (QED) is 0.630. The number of carbonyl (C=O) groups is 1. The van der Waals surface area contributed by atoms with Crippen molar-refractivity contribution in [2.45, 2.75) is 25.9 Å². The van der Waals surface area contributed by atoms with Crippen LogP contribution in [0.3, 0.4) is 0 Å². The van der Waals surface area contributed by atoms with Gasteiger partial charge >= 0.3 is 0 Å². The fourth-order valence-electron chi connectivity index (χ4n) is 1.61.